The fraction of sp³-hybridized carbons (Fsp3) is 0.222. The second kappa shape index (κ2) is 6.84. The van der Waals surface area contributed by atoms with E-state index < -0.39 is 5.97 Å². The van der Waals surface area contributed by atoms with Crippen molar-refractivity contribution < 1.29 is 14.7 Å². The van der Waals surface area contributed by atoms with Crippen LogP contribution < -0.4 is 0 Å². The highest BCUT2D eigenvalue weighted by atomic mass is 16.4. The molecule has 0 aliphatic carbocycles. The van der Waals surface area contributed by atoms with Crippen molar-refractivity contribution in [2.45, 2.75) is 19.8 Å². The standard InChI is InChI=1S/C18H18O3/c1-13(18(20)21)10-11-14-6-5-9-16(12-14)17(19)15-7-3-2-4-8-15/h2-9,12-13H,10-11H2,1H3,(H,20,21). The van der Waals surface area contributed by atoms with Gasteiger partial charge >= 0.3 is 5.97 Å². The maximum absolute atomic E-state index is 12.4. The van der Waals surface area contributed by atoms with E-state index in [-0.39, 0.29) is 11.7 Å². The number of hydrogen-bond donors (Lipinski definition) is 1. The van der Waals surface area contributed by atoms with Gasteiger partial charge < -0.3 is 5.11 Å². The van der Waals surface area contributed by atoms with E-state index >= 15 is 0 Å². The second-order valence-corrected chi connectivity index (χ2v) is 5.17. The lowest BCUT2D eigenvalue weighted by atomic mass is 9.97. The summed E-state index contributed by atoms with van der Waals surface area (Å²) in [5.41, 5.74) is 2.29. The number of carbonyl (C=O) groups is 2. The summed E-state index contributed by atoms with van der Waals surface area (Å²) >= 11 is 0. The first-order valence-corrected chi connectivity index (χ1v) is 6.99. The van der Waals surface area contributed by atoms with Gasteiger partial charge in [-0.3, -0.25) is 9.59 Å². The van der Waals surface area contributed by atoms with Crippen molar-refractivity contribution in [3.8, 4) is 0 Å². The van der Waals surface area contributed by atoms with E-state index in [2.05, 4.69) is 0 Å². The molecule has 0 bridgehead atoms. The van der Waals surface area contributed by atoms with Gasteiger partial charge in [-0.25, -0.2) is 0 Å². The highest BCUT2D eigenvalue weighted by molar-refractivity contribution is 6.09. The smallest absolute Gasteiger partial charge is 0.306 e. The summed E-state index contributed by atoms with van der Waals surface area (Å²) in [5, 5.41) is 8.90. The van der Waals surface area contributed by atoms with Crippen LogP contribution in [-0.2, 0) is 11.2 Å². The van der Waals surface area contributed by atoms with Crippen LogP contribution in [0.1, 0.15) is 34.8 Å². The van der Waals surface area contributed by atoms with Crippen molar-refractivity contribution in [2.75, 3.05) is 0 Å². The van der Waals surface area contributed by atoms with Gasteiger partial charge in [-0.05, 0) is 24.5 Å². The molecule has 3 nitrogen and oxygen atoms in total. The van der Waals surface area contributed by atoms with Crippen molar-refractivity contribution in [2.24, 2.45) is 5.92 Å². The lowest BCUT2D eigenvalue weighted by molar-refractivity contribution is -0.141. The van der Waals surface area contributed by atoms with Gasteiger partial charge in [0.25, 0.3) is 0 Å². The third kappa shape index (κ3) is 4.02. The maximum Gasteiger partial charge on any atom is 0.306 e. The van der Waals surface area contributed by atoms with Gasteiger partial charge in [-0.2, -0.15) is 0 Å². The molecule has 0 aliphatic heterocycles. The first-order chi connectivity index (χ1) is 10.1. The Balaban J connectivity index is 2.11. The zero-order valence-electron chi connectivity index (χ0n) is 12.0. The minimum absolute atomic E-state index is 0.0104. The molecule has 2 aromatic carbocycles. The molecule has 2 rings (SSSR count). The normalized spacial score (nSPS) is 11.9. The van der Waals surface area contributed by atoms with E-state index in [9.17, 15) is 9.59 Å². The van der Waals surface area contributed by atoms with Gasteiger partial charge in [0.15, 0.2) is 5.78 Å². The first kappa shape index (κ1) is 15.0. The predicted molar refractivity (Wildman–Crippen MR) is 81.4 cm³/mol. The topological polar surface area (TPSA) is 54.4 Å². The summed E-state index contributed by atoms with van der Waals surface area (Å²) in [6, 6.07) is 16.6. The zero-order chi connectivity index (χ0) is 15.2. The van der Waals surface area contributed by atoms with Crippen LogP contribution in [0, 0.1) is 5.92 Å². The van der Waals surface area contributed by atoms with E-state index in [4.69, 9.17) is 5.11 Å². The number of hydrogen-bond acceptors (Lipinski definition) is 2. The molecule has 3 heteroatoms. The number of benzene rings is 2. The molecule has 0 saturated carbocycles. The van der Waals surface area contributed by atoms with Gasteiger partial charge in [-0.1, -0.05) is 55.5 Å². The molecule has 2 aromatic rings. The van der Waals surface area contributed by atoms with Crippen molar-refractivity contribution in [3.05, 3.63) is 71.3 Å². The fourth-order valence-electron chi connectivity index (χ4n) is 2.13. The number of rotatable bonds is 6. The number of carboxylic acids is 1. The molecule has 108 valence electrons. The second-order valence-electron chi connectivity index (χ2n) is 5.17. The Kier molecular flexibility index (Phi) is 4.88. The average Bonchev–Trinajstić information content (AvgIpc) is 2.53. The third-order valence-electron chi connectivity index (χ3n) is 3.51. The molecular weight excluding hydrogens is 264 g/mol. The van der Waals surface area contributed by atoms with Crippen LogP contribution in [0.15, 0.2) is 54.6 Å². The van der Waals surface area contributed by atoms with Crippen LogP contribution >= 0.6 is 0 Å². The molecule has 1 N–H and O–H groups in total. The number of aliphatic carboxylic acids is 1. The molecular formula is C18H18O3. The van der Waals surface area contributed by atoms with Crippen LogP contribution in [0.2, 0.25) is 0 Å². The van der Waals surface area contributed by atoms with Crippen molar-refractivity contribution in [1.29, 1.82) is 0 Å². The molecule has 0 spiro atoms. The largest absolute Gasteiger partial charge is 0.481 e. The third-order valence-corrected chi connectivity index (χ3v) is 3.51. The van der Waals surface area contributed by atoms with Gasteiger partial charge in [0.1, 0.15) is 0 Å². The van der Waals surface area contributed by atoms with Crippen LogP contribution in [0.5, 0.6) is 0 Å². The molecule has 0 amide bonds. The van der Waals surface area contributed by atoms with Crippen LogP contribution in [0.25, 0.3) is 0 Å². The minimum atomic E-state index is -0.786. The van der Waals surface area contributed by atoms with E-state index in [0.717, 1.165) is 5.56 Å². The molecule has 0 saturated heterocycles. The molecule has 0 fully saturated rings. The van der Waals surface area contributed by atoms with Gasteiger partial charge in [0, 0.05) is 11.1 Å². The Hall–Kier alpha value is -2.42. The highest BCUT2D eigenvalue weighted by Gasteiger charge is 2.12. The Morgan fingerprint density at radius 3 is 2.33 bits per heavy atom. The zero-order valence-corrected chi connectivity index (χ0v) is 12.0. The van der Waals surface area contributed by atoms with Gasteiger partial charge in [-0.15, -0.1) is 0 Å². The lowest BCUT2D eigenvalue weighted by Gasteiger charge is -2.07. The molecule has 21 heavy (non-hydrogen) atoms. The monoisotopic (exact) mass is 282 g/mol. The quantitative estimate of drug-likeness (QED) is 0.824. The number of aryl methyl sites for hydroxylation is 1. The number of ketones is 1. The van der Waals surface area contributed by atoms with Crippen LogP contribution in [-0.4, -0.2) is 16.9 Å². The highest BCUT2D eigenvalue weighted by Crippen LogP contribution is 2.15. The molecule has 0 heterocycles. The molecule has 0 aromatic heterocycles. The van der Waals surface area contributed by atoms with Gasteiger partial charge in [0.05, 0.1) is 5.92 Å². The van der Waals surface area contributed by atoms with Crippen molar-refractivity contribution in [3.63, 3.8) is 0 Å². The molecule has 1 atom stereocenters. The minimum Gasteiger partial charge on any atom is -0.481 e. The SMILES string of the molecule is CC(CCc1cccc(C(=O)c2ccccc2)c1)C(=O)O. The van der Waals surface area contributed by atoms with Crippen LogP contribution in [0.3, 0.4) is 0 Å². The molecule has 0 radical (unpaired) electrons. The number of carbonyl (C=O) groups excluding carboxylic acids is 1. The average molecular weight is 282 g/mol. The first-order valence-electron chi connectivity index (χ1n) is 6.99. The Labute approximate surface area is 124 Å². The van der Waals surface area contributed by atoms with E-state index in [1.165, 1.54) is 0 Å². The Morgan fingerprint density at radius 2 is 1.67 bits per heavy atom. The number of carboxylic acid groups (broad SMARTS) is 1. The van der Waals surface area contributed by atoms with Crippen LogP contribution in [0.4, 0.5) is 0 Å². The Morgan fingerprint density at radius 1 is 1.00 bits per heavy atom. The fourth-order valence-corrected chi connectivity index (χ4v) is 2.13. The Bertz CT molecular complexity index is 632. The van der Waals surface area contributed by atoms with E-state index in [1.54, 1.807) is 25.1 Å². The van der Waals surface area contributed by atoms with Crippen molar-refractivity contribution in [1.82, 2.24) is 0 Å². The molecule has 0 aliphatic rings. The summed E-state index contributed by atoms with van der Waals surface area (Å²) in [4.78, 5) is 23.2. The summed E-state index contributed by atoms with van der Waals surface area (Å²) in [6.45, 7) is 1.70. The van der Waals surface area contributed by atoms with E-state index in [1.807, 2.05) is 36.4 Å². The molecule has 1 unspecified atom stereocenters. The van der Waals surface area contributed by atoms with Crippen molar-refractivity contribution >= 4 is 11.8 Å². The van der Waals surface area contributed by atoms with Gasteiger partial charge in [0.2, 0.25) is 0 Å². The summed E-state index contributed by atoms with van der Waals surface area (Å²) in [6.07, 6.45) is 1.22. The summed E-state index contributed by atoms with van der Waals surface area (Å²) in [5.74, 6) is -1.17. The summed E-state index contributed by atoms with van der Waals surface area (Å²) < 4.78 is 0. The predicted octanol–water partition coefficient (Wildman–Crippen LogP) is 3.57. The maximum atomic E-state index is 12.4. The summed E-state index contributed by atoms with van der Waals surface area (Å²) in [7, 11) is 0. The lowest BCUT2D eigenvalue weighted by Crippen LogP contribution is -2.10. The van der Waals surface area contributed by atoms with E-state index in [0.29, 0.717) is 24.0 Å².